The average Bonchev–Trinajstić information content (AvgIpc) is 2.72. The number of aromatic amines is 1. The Hall–Kier alpha value is -1.62. The van der Waals surface area contributed by atoms with Crippen LogP contribution in [0.2, 0.25) is 0 Å². The second-order valence-electron chi connectivity index (χ2n) is 3.83. The summed E-state index contributed by atoms with van der Waals surface area (Å²) in [7, 11) is 1.89. The smallest absolute Gasteiger partial charge is 0.108 e. The number of hydrogen-bond donors (Lipinski definition) is 2. The molecule has 5 heteroatoms. The van der Waals surface area contributed by atoms with E-state index >= 15 is 0 Å². The number of nitrogens with one attached hydrogen (secondary N) is 1. The Kier molecular flexibility index (Phi) is 2.55. The van der Waals surface area contributed by atoms with Crippen molar-refractivity contribution in [2.24, 2.45) is 12.8 Å². The van der Waals surface area contributed by atoms with E-state index in [1.165, 1.54) is 0 Å². The minimum Gasteiger partial charge on any atom is -0.342 e. The third-order valence-corrected chi connectivity index (χ3v) is 2.16. The van der Waals surface area contributed by atoms with Gasteiger partial charge in [-0.1, -0.05) is 0 Å². The number of nitrogens with two attached hydrogens (primary N) is 1. The zero-order valence-electron chi connectivity index (χ0n) is 8.94. The van der Waals surface area contributed by atoms with E-state index in [0.29, 0.717) is 0 Å². The van der Waals surface area contributed by atoms with Crippen LogP contribution >= 0.6 is 0 Å². The number of aromatic nitrogens is 4. The van der Waals surface area contributed by atoms with Gasteiger partial charge in [-0.3, -0.25) is 4.68 Å². The molecular formula is C10H15N5. The van der Waals surface area contributed by atoms with E-state index in [9.17, 15) is 0 Å². The highest BCUT2D eigenvalue weighted by Crippen LogP contribution is 2.15. The fraction of sp³-hybridized carbons (Fsp3) is 0.400. The van der Waals surface area contributed by atoms with Crippen LogP contribution in [0.15, 0.2) is 18.6 Å². The third-order valence-electron chi connectivity index (χ3n) is 2.16. The summed E-state index contributed by atoms with van der Waals surface area (Å²) in [6, 6.07) is 0.123. The van der Waals surface area contributed by atoms with E-state index in [0.717, 1.165) is 23.5 Å². The first-order valence-corrected chi connectivity index (χ1v) is 4.93. The molecule has 0 saturated carbocycles. The van der Waals surface area contributed by atoms with Crippen molar-refractivity contribution >= 4 is 0 Å². The van der Waals surface area contributed by atoms with Crippen molar-refractivity contribution in [2.45, 2.75) is 19.4 Å². The molecule has 80 valence electrons. The van der Waals surface area contributed by atoms with Gasteiger partial charge >= 0.3 is 0 Å². The second-order valence-corrected chi connectivity index (χ2v) is 3.83. The van der Waals surface area contributed by atoms with E-state index < -0.39 is 0 Å². The molecule has 2 aromatic rings. The summed E-state index contributed by atoms with van der Waals surface area (Å²) in [4.78, 5) is 7.50. The number of H-pyrrole nitrogens is 1. The van der Waals surface area contributed by atoms with E-state index in [1.807, 2.05) is 32.6 Å². The lowest BCUT2D eigenvalue weighted by Gasteiger charge is -1.99. The predicted molar refractivity (Wildman–Crippen MR) is 58.1 cm³/mol. The summed E-state index contributed by atoms with van der Waals surface area (Å²) in [6.07, 6.45) is 6.33. The molecule has 0 fully saturated rings. The highest BCUT2D eigenvalue weighted by atomic mass is 15.2. The van der Waals surface area contributed by atoms with Gasteiger partial charge in [-0.05, 0) is 6.92 Å². The molecule has 0 amide bonds. The first kappa shape index (κ1) is 9.92. The van der Waals surface area contributed by atoms with Crippen molar-refractivity contribution in [1.29, 1.82) is 0 Å². The number of imidazole rings is 1. The van der Waals surface area contributed by atoms with Crippen LogP contribution in [0.3, 0.4) is 0 Å². The highest BCUT2D eigenvalue weighted by Gasteiger charge is 2.06. The van der Waals surface area contributed by atoms with Crippen LogP contribution in [0.5, 0.6) is 0 Å². The van der Waals surface area contributed by atoms with Gasteiger partial charge in [0.25, 0.3) is 0 Å². The minimum atomic E-state index is 0.123. The van der Waals surface area contributed by atoms with Gasteiger partial charge in [0.1, 0.15) is 5.82 Å². The Balaban J connectivity index is 2.20. The Labute approximate surface area is 88.3 Å². The molecule has 0 aliphatic carbocycles. The molecule has 0 radical (unpaired) electrons. The molecule has 0 bridgehead atoms. The van der Waals surface area contributed by atoms with Crippen molar-refractivity contribution in [1.82, 2.24) is 19.7 Å². The molecule has 0 aliphatic heterocycles. The van der Waals surface area contributed by atoms with Crippen molar-refractivity contribution in [3.63, 3.8) is 0 Å². The molecule has 1 atom stereocenters. The molecule has 1 unspecified atom stereocenters. The molecule has 0 spiro atoms. The van der Waals surface area contributed by atoms with Gasteiger partial charge in [0.2, 0.25) is 0 Å². The summed E-state index contributed by atoms with van der Waals surface area (Å²) in [5, 5.41) is 4.11. The normalized spacial score (nSPS) is 13.0. The van der Waals surface area contributed by atoms with Gasteiger partial charge in [-0.25, -0.2) is 4.98 Å². The standard InChI is InChI=1S/C10H15N5/c1-7(11)3-10-12-5-9(14-10)8-4-13-15(2)6-8/h4-7H,3,11H2,1-2H3,(H,12,14). The van der Waals surface area contributed by atoms with Crippen LogP contribution in [0, 0.1) is 0 Å². The Morgan fingerprint density at radius 2 is 2.33 bits per heavy atom. The maximum atomic E-state index is 5.70. The lowest BCUT2D eigenvalue weighted by Crippen LogP contribution is -2.18. The van der Waals surface area contributed by atoms with Crippen molar-refractivity contribution in [3.05, 3.63) is 24.4 Å². The molecule has 15 heavy (non-hydrogen) atoms. The zero-order chi connectivity index (χ0) is 10.8. The third kappa shape index (κ3) is 2.24. The predicted octanol–water partition coefficient (Wildman–Crippen LogP) is 0.700. The van der Waals surface area contributed by atoms with Gasteiger partial charge in [0, 0.05) is 31.3 Å². The Morgan fingerprint density at radius 3 is 2.93 bits per heavy atom. The van der Waals surface area contributed by atoms with Crippen LogP contribution in [-0.4, -0.2) is 25.8 Å². The van der Waals surface area contributed by atoms with Gasteiger partial charge < -0.3 is 10.7 Å². The van der Waals surface area contributed by atoms with Crippen molar-refractivity contribution in [3.8, 4) is 11.3 Å². The lowest BCUT2D eigenvalue weighted by atomic mass is 10.2. The monoisotopic (exact) mass is 205 g/mol. The zero-order valence-corrected chi connectivity index (χ0v) is 8.94. The minimum absolute atomic E-state index is 0.123. The number of aryl methyl sites for hydroxylation is 1. The van der Waals surface area contributed by atoms with E-state index in [2.05, 4.69) is 15.1 Å². The van der Waals surface area contributed by atoms with Crippen LogP contribution < -0.4 is 5.73 Å². The molecule has 2 heterocycles. The Morgan fingerprint density at radius 1 is 1.53 bits per heavy atom. The number of hydrogen-bond acceptors (Lipinski definition) is 3. The van der Waals surface area contributed by atoms with E-state index in [4.69, 9.17) is 5.73 Å². The second kappa shape index (κ2) is 3.86. The molecule has 0 aliphatic rings. The molecule has 2 rings (SSSR count). The fourth-order valence-corrected chi connectivity index (χ4v) is 1.48. The first-order valence-electron chi connectivity index (χ1n) is 4.93. The van der Waals surface area contributed by atoms with E-state index in [1.54, 1.807) is 4.68 Å². The maximum Gasteiger partial charge on any atom is 0.108 e. The fourth-order valence-electron chi connectivity index (χ4n) is 1.48. The summed E-state index contributed by atoms with van der Waals surface area (Å²) in [6.45, 7) is 1.96. The molecule has 5 nitrogen and oxygen atoms in total. The lowest BCUT2D eigenvalue weighted by molar-refractivity contribution is 0.710. The summed E-state index contributed by atoms with van der Waals surface area (Å²) in [5.41, 5.74) is 7.73. The highest BCUT2D eigenvalue weighted by molar-refractivity contribution is 5.55. The Bertz CT molecular complexity index is 440. The van der Waals surface area contributed by atoms with Crippen molar-refractivity contribution < 1.29 is 0 Å². The SMILES string of the molecule is CC(N)Cc1ncc(-c2cnn(C)c2)[nH]1. The van der Waals surface area contributed by atoms with Crippen LogP contribution in [0.4, 0.5) is 0 Å². The molecule has 3 N–H and O–H groups in total. The van der Waals surface area contributed by atoms with Gasteiger partial charge in [0.05, 0.1) is 18.1 Å². The van der Waals surface area contributed by atoms with Crippen LogP contribution in [-0.2, 0) is 13.5 Å². The van der Waals surface area contributed by atoms with Crippen LogP contribution in [0.1, 0.15) is 12.7 Å². The largest absolute Gasteiger partial charge is 0.342 e. The van der Waals surface area contributed by atoms with Crippen LogP contribution in [0.25, 0.3) is 11.3 Å². The topological polar surface area (TPSA) is 72.5 Å². The van der Waals surface area contributed by atoms with Crippen molar-refractivity contribution in [2.75, 3.05) is 0 Å². The van der Waals surface area contributed by atoms with Gasteiger partial charge in [0.15, 0.2) is 0 Å². The molecule has 0 aromatic carbocycles. The number of nitrogens with zero attached hydrogens (tertiary/aromatic N) is 3. The summed E-state index contributed by atoms with van der Waals surface area (Å²) >= 11 is 0. The molecule has 0 saturated heterocycles. The molecule has 2 aromatic heterocycles. The summed E-state index contributed by atoms with van der Waals surface area (Å²) < 4.78 is 1.77. The first-order chi connectivity index (χ1) is 7.15. The quantitative estimate of drug-likeness (QED) is 0.774. The number of rotatable bonds is 3. The summed E-state index contributed by atoms with van der Waals surface area (Å²) in [5.74, 6) is 0.920. The van der Waals surface area contributed by atoms with E-state index in [-0.39, 0.29) is 6.04 Å². The van der Waals surface area contributed by atoms with Gasteiger partial charge in [-0.15, -0.1) is 0 Å². The average molecular weight is 205 g/mol. The maximum absolute atomic E-state index is 5.70. The molecular weight excluding hydrogens is 190 g/mol. The van der Waals surface area contributed by atoms with Gasteiger partial charge in [-0.2, -0.15) is 5.10 Å².